The first-order chi connectivity index (χ1) is 11.2. The summed E-state index contributed by atoms with van der Waals surface area (Å²) in [6.45, 7) is 7.28. The average Bonchev–Trinajstić information content (AvgIpc) is 2.87. The Morgan fingerprint density at radius 1 is 1.46 bits per heavy atom. The predicted octanol–water partition coefficient (Wildman–Crippen LogP) is 1.29. The SMILES string of the molecule is Cc1c(S(=O)(=O)N2CCCC(C(=O)NCCC(C)C)C2)cnn1C. The van der Waals surface area contributed by atoms with Gasteiger partial charge in [-0.3, -0.25) is 9.48 Å². The number of piperidine rings is 1. The Labute approximate surface area is 144 Å². The van der Waals surface area contributed by atoms with E-state index in [-0.39, 0.29) is 23.3 Å². The smallest absolute Gasteiger partial charge is 0.246 e. The summed E-state index contributed by atoms with van der Waals surface area (Å²) in [5.74, 6) is 0.207. The zero-order valence-electron chi connectivity index (χ0n) is 14.9. The van der Waals surface area contributed by atoms with E-state index in [9.17, 15) is 13.2 Å². The van der Waals surface area contributed by atoms with Crippen molar-refractivity contribution in [3.05, 3.63) is 11.9 Å². The van der Waals surface area contributed by atoms with Crippen molar-refractivity contribution in [1.29, 1.82) is 0 Å². The molecule has 1 atom stereocenters. The molecule has 1 unspecified atom stereocenters. The van der Waals surface area contributed by atoms with Crippen LogP contribution >= 0.6 is 0 Å². The molecule has 1 fully saturated rings. The van der Waals surface area contributed by atoms with Gasteiger partial charge in [-0.15, -0.1) is 0 Å². The van der Waals surface area contributed by atoms with Crippen molar-refractivity contribution in [3.8, 4) is 0 Å². The van der Waals surface area contributed by atoms with E-state index < -0.39 is 10.0 Å². The summed E-state index contributed by atoms with van der Waals surface area (Å²) < 4.78 is 28.6. The fourth-order valence-corrected chi connectivity index (χ4v) is 4.58. The van der Waals surface area contributed by atoms with E-state index in [0.717, 1.165) is 12.8 Å². The third-order valence-electron chi connectivity index (χ3n) is 4.58. The normalized spacial score (nSPS) is 19.6. The van der Waals surface area contributed by atoms with Crippen LogP contribution in [0, 0.1) is 18.8 Å². The van der Waals surface area contributed by atoms with Crippen LogP contribution in [0.2, 0.25) is 0 Å². The fourth-order valence-electron chi connectivity index (χ4n) is 2.87. The van der Waals surface area contributed by atoms with E-state index in [2.05, 4.69) is 24.3 Å². The number of carbonyl (C=O) groups is 1. The van der Waals surface area contributed by atoms with Crippen molar-refractivity contribution in [2.24, 2.45) is 18.9 Å². The summed E-state index contributed by atoms with van der Waals surface area (Å²) in [6, 6.07) is 0. The Morgan fingerprint density at radius 2 is 2.17 bits per heavy atom. The van der Waals surface area contributed by atoms with Crippen LogP contribution in [0.4, 0.5) is 0 Å². The molecule has 1 aliphatic heterocycles. The van der Waals surface area contributed by atoms with Crippen LogP contribution in [0.3, 0.4) is 0 Å². The topological polar surface area (TPSA) is 84.3 Å². The summed E-state index contributed by atoms with van der Waals surface area (Å²) in [6.07, 6.45) is 3.73. The summed E-state index contributed by atoms with van der Waals surface area (Å²) >= 11 is 0. The molecule has 0 aliphatic carbocycles. The predicted molar refractivity (Wildman–Crippen MR) is 91.9 cm³/mol. The lowest BCUT2D eigenvalue weighted by atomic mass is 9.98. The zero-order valence-corrected chi connectivity index (χ0v) is 15.8. The fraction of sp³-hybridized carbons (Fsp3) is 0.750. The number of aromatic nitrogens is 2. The van der Waals surface area contributed by atoms with Crippen LogP contribution < -0.4 is 5.32 Å². The third-order valence-corrected chi connectivity index (χ3v) is 6.55. The van der Waals surface area contributed by atoms with Crippen LogP contribution in [0.25, 0.3) is 0 Å². The maximum atomic E-state index is 12.8. The van der Waals surface area contributed by atoms with Gasteiger partial charge in [-0.05, 0) is 32.1 Å². The highest BCUT2D eigenvalue weighted by Gasteiger charge is 2.34. The molecule has 0 radical (unpaired) electrons. The molecule has 0 aromatic carbocycles. The van der Waals surface area contributed by atoms with Crippen molar-refractivity contribution in [2.75, 3.05) is 19.6 Å². The van der Waals surface area contributed by atoms with Crippen molar-refractivity contribution >= 4 is 15.9 Å². The molecule has 0 spiro atoms. The van der Waals surface area contributed by atoms with Crippen LogP contribution in [0.1, 0.15) is 38.8 Å². The first-order valence-electron chi connectivity index (χ1n) is 8.50. The molecule has 0 saturated carbocycles. The Bertz CT molecular complexity index is 681. The van der Waals surface area contributed by atoms with Crippen molar-refractivity contribution in [1.82, 2.24) is 19.4 Å². The van der Waals surface area contributed by atoms with E-state index in [1.165, 1.54) is 10.5 Å². The number of rotatable bonds is 6. The number of carbonyl (C=O) groups excluding carboxylic acids is 1. The van der Waals surface area contributed by atoms with Crippen LogP contribution in [0.15, 0.2) is 11.1 Å². The van der Waals surface area contributed by atoms with Crippen molar-refractivity contribution in [3.63, 3.8) is 0 Å². The maximum Gasteiger partial charge on any atom is 0.246 e. The van der Waals surface area contributed by atoms with Gasteiger partial charge >= 0.3 is 0 Å². The van der Waals surface area contributed by atoms with E-state index >= 15 is 0 Å². The van der Waals surface area contributed by atoms with Gasteiger partial charge in [-0.2, -0.15) is 9.40 Å². The summed E-state index contributed by atoms with van der Waals surface area (Å²) in [5.41, 5.74) is 0.610. The van der Waals surface area contributed by atoms with Crippen LogP contribution in [-0.2, 0) is 21.9 Å². The highest BCUT2D eigenvalue weighted by Crippen LogP contribution is 2.25. The first-order valence-corrected chi connectivity index (χ1v) is 9.94. The zero-order chi connectivity index (χ0) is 17.9. The number of hydrogen-bond acceptors (Lipinski definition) is 4. The summed E-state index contributed by atoms with van der Waals surface area (Å²) in [7, 11) is -1.88. The van der Waals surface area contributed by atoms with E-state index in [4.69, 9.17) is 0 Å². The number of aryl methyl sites for hydroxylation is 1. The van der Waals surface area contributed by atoms with Gasteiger partial charge < -0.3 is 5.32 Å². The number of nitrogens with one attached hydrogen (secondary N) is 1. The van der Waals surface area contributed by atoms with Crippen LogP contribution in [0.5, 0.6) is 0 Å². The number of nitrogens with zero attached hydrogens (tertiary/aromatic N) is 3. The Morgan fingerprint density at radius 3 is 2.75 bits per heavy atom. The second-order valence-electron chi connectivity index (χ2n) is 6.89. The Hall–Kier alpha value is -1.41. The molecule has 8 heteroatoms. The minimum Gasteiger partial charge on any atom is -0.356 e. The molecule has 1 aliphatic rings. The summed E-state index contributed by atoms with van der Waals surface area (Å²) in [4.78, 5) is 12.5. The second-order valence-corrected chi connectivity index (χ2v) is 8.80. The molecule has 0 bridgehead atoms. The van der Waals surface area contributed by atoms with Gasteiger partial charge in [0.05, 0.1) is 17.8 Å². The lowest BCUT2D eigenvalue weighted by molar-refractivity contribution is -0.126. The minimum absolute atomic E-state index is 0.0431. The largest absolute Gasteiger partial charge is 0.356 e. The molecule has 1 N–H and O–H groups in total. The van der Waals surface area contributed by atoms with E-state index in [0.29, 0.717) is 31.1 Å². The maximum absolute atomic E-state index is 12.8. The molecule has 2 rings (SSSR count). The highest BCUT2D eigenvalue weighted by molar-refractivity contribution is 7.89. The number of sulfonamides is 1. The van der Waals surface area contributed by atoms with Gasteiger partial charge in [0.2, 0.25) is 15.9 Å². The lowest BCUT2D eigenvalue weighted by Crippen LogP contribution is -2.45. The van der Waals surface area contributed by atoms with Crippen molar-refractivity contribution < 1.29 is 13.2 Å². The molecular formula is C16H28N4O3S. The average molecular weight is 356 g/mol. The van der Waals surface area contributed by atoms with Gasteiger partial charge in [0.1, 0.15) is 4.90 Å². The van der Waals surface area contributed by atoms with Gasteiger partial charge in [0.15, 0.2) is 0 Å². The van der Waals surface area contributed by atoms with E-state index in [1.54, 1.807) is 18.7 Å². The lowest BCUT2D eigenvalue weighted by Gasteiger charge is -2.31. The molecule has 7 nitrogen and oxygen atoms in total. The van der Waals surface area contributed by atoms with Crippen LogP contribution in [-0.4, -0.2) is 48.0 Å². The summed E-state index contributed by atoms with van der Waals surface area (Å²) in [5, 5.41) is 6.95. The minimum atomic E-state index is -3.60. The quantitative estimate of drug-likeness (QED) is 0.832. The first kappa shape index (κ1) is 18.9. The molecule has 136 valence electrons. The Balaban J connectivity index is 2.04. The molecule has 1 saturated heterocycles. The number of hydrogen-bond donors (Lipinski definition) is 1. The van der Waals surface area contributed by atoms with Crippen molar-refractivity contribution in [2.45, 2.75) is 44.9 Å². The molecule has 1 aromatic rings. The molecule has 24 heavy (non-hydrogen) atoms. The van der Waals surface area contributed by atoms with Gasteiger partial charge in [-0.25, -0.2) is 8.42 Å². The molecule has 1 aromatic heterocycles. The molecule has 2 heterocycles. The molecule has 1 amide bonds. The Kier molecular flexibility index (Phi) is 6.03. The van der Waals surface area contributed by atoms with Gasteiger partial charge in [0.25, 0.3) is 0 Å². The molecular weight excluding hydrogens is 328 g/mol. The third kappa shape index (κ3) is 4.16. The van der Waals surface area contributed by atoms with Gasteiger partial charge in [-0.1, -0.05) is 13.8 Å². The van der Waals surface area contributed by atoms with Gasteiger partial charge in [0, 0.05) is 26.7 Å². The number of amides is 1. The standard InChI is InChI=1S/C16H28N4O3S/c1-12(2)7-8-17-16(21)14-6-5-9-20(11-14)24(22,23)15-10-18-19(4)13(15)3/h10,12,14H,5-9,11H2,1-4H3,(H,17,21). The van der Waals surface area contributed by atoms with E-state index in [1.807, 2.05) is 0 Å². The highest BCUT2D eigenvalue weighted by atomic mass is 32.2. The monoisotopic (exact) mass is 356 g/mol. The second kappa shape index (κ2) is 7.65.